The highest BCUT2D eigenvalue weighted by Crippen LogP contribution is 2.34. The zero-order chi connectivity index (χ0) is 20.4. The van der Waals surface area contributed by atoms with E-state index in [1.54, 1.807) is 19.1 Å². The first-order valence-corrected chi connectivity index (χ1v) is 9.53. The topological polar surface area (TPSA) is 75.3 Å². The van der Waals surface area contributed by atoms with E-state index in [-0.39, 0.29) is 10.7 Å². The van der Waals surface area contributed by atoms with Crippen molar-refractivity contribution < 1.29 is 26.4 Å². The molecule has 1 amide bonds. The van der Waals surface area contributed by atoms with Gasteiger partial charge in [0.2, 0.25) is 15.9 Å². The summed E-state index contributed by atoms with van der Waals surface area (Å²) in [5, 5.41) is 2.69. The molecule has 10 heteroatoms. The van der Waals surface area contributed by atoms with Crippen LogP contribution in [0.15, 0.2) is 47.4 Å². The van der Waals surface area contributed by atoms with Crippen molar-refractivity contribution in [3.63, 3.8) is 0 Å². The van der Waals surface area contributed by atoms with Crippen LogP contribution in [0.25, 0.3) is 0 Å². The molecule has 5 nitrogen and oxygen atoms in total. The number of benzene rings is 2. The van der Waals surface area contributed by atoms with Gasteiger partial charge in [0.1, 0.15) is 0 Å². The average Bonchev–Trinajstić information content (AvgIpc) is 2.56. The molecule has 0 bridgehead atoms. The Morgan fingerprint density at radius 2 is 1.78 bits per heavy atom. The van der Waals surface area contributed by atoms with Crippen molar-refractivity contribution in [3.8, 4) is 0 Å². The number of amides is 1. The van der Waals surface area contributed by atoms with Gasteiger partial charge in [0.25, 0.3) is 0 Å². The largest absolute Gasteiger partial charge is 0.417 e. The number of hydrogen-bond donors (Lipinski definition) is 2. The van der Waals surface area contributed by atoms with Crippen molar-refractivity contribution in [2.24, 2.45) is 0 Å². The van der Waals surface area contributed by atoms with Gasteiger partial charge in [-0.05, 0) is 43.7 Å². The minimum Gasteiger partial charge on any atom is -0.323 e. The molecule has 0 aliphatic heterocycles. The van der Waals surface area contributed by atoms with Crippen molar-refractivity contribution in [3.05, 3.63) is 58.6 Å². The zero-order valence-corrected chi connectivity index (χ0v) is 15.8. The Labute approximate surface area is 159 Å². The van der Waals surface area contributed by atoms with Crippen LogP contribution in [0, 0.1) is 6.92 Å². The molecule has 0 heterocycles. The standard InChI is InChI=1S/C17H16ClF3N2O3S/c1-10-7-8-14(13(18)9-10)22-16(24)11(2)23-27(25,26)15-6-4-3-5-12(15)17(19,20)21/h3-9,11,23H,1-2H3,(H,22,24)/t11-/m1/s1. The summed E-state index contributed by atoms with van der Waals surface area (Å²) in [4.78, 5) is 11.3. The Kier molecular flexibility index (Phi) is 6.18. The molecule has 2 N–H and O–H groups in total. The number of carbonyl (C=O) groups is 1. The quantitative estimate of drug-likeness (QED) is 0.768. The van der Waals surface area contributed by atoms with Crippen molar-refractivity contribution in [2.75, 3.05) is 5.32 Å². The molecule has 0 aromatic heterocycles. The predicted octanol–water partition coefficient (Wildman–Crippen LogP) is 3.97. The minimum atomic E-state index is -4.85. The van der Waals surface area contributed by atoms with Gasteiger partial charge in [0.05, 0.1) is 27.2 Å². The Balaban J connectivity index is 2.21. The number of aryl methyl sites for hydroxylation is 1. The van der Waals surface area contributed by atoms with Crippen molar-refractivity contribution >= 4 is 33.2 Å². The zero-order valence-electron chi connectivity index (χ0n) is 14.3. The molecule has 0 saturated heterocycles. The molecule has 0 spiro atoms. The van der Waals surface area contributed by atoms with E-state index < -0.39 is 38.6 Å². The normalized spacial score (nSPS) is 13.3. The maximum atomic E-state index is 13.1. The Hall–Kier alpha value is -2.10. The summed E-state index contributed by atoms with van der Waals surface area (Å²) in [5.41, 5.74) is -0.198. The first kappa shape index (κ1) is 21.2. The Morgan fingerprint density at radius 3 is 2.37 bits per heavy atom. The maximum Gasteiger partial charge on any atom is 0.417 e. The molecule has 0 radical (unpaired) electrons. The smallest absolute Gasteiger partial charge is 0.323 e. The van der Waals surface area contributed by atoms with E-state index in [1.165, 1.54) is 19.1 Å². The number of sulfonamides is 1. The van der Waals surface area contributed by atoms with Gasteiger partial charge in [-0.2, -0.15) is 17.9 Å². The summed E-state index contributed by atoms with van der Waals surface area (Å²) in [6.07, 6.45) is -4.85. The summed E-state index contributed by atoms with van der Waals surface area (Å²) in [7, 11) is -4.59. The third-order valence-electron chi connectivity index (χ3n) is 3.59. The lowest BCUT2D eigenvalue weighted by atomic mass is 10.2. The molecule has 0 saturated carbocycles. The van der Waals surface area contributed by atoms with Gasteiger partial charge >= 0.3 is 6.18 Å². The van der Waals surface area contributed by atoms with E-state index in [1.807, 2.05) is 4.72 Å². The second kappa shape index (κ2) is 7.87. The monoisotopic (exact) mass is 420 g/mol. The minimum absolute atomic E-state index is 0.251. The number of rotatable bonds is 5. The molecule has 146 valence electrons. The fourth-order valence-corrected chi connectivity index (χ4v) is 3.96. The molecule has 2 aromatic rings. The summed E-state index contributed by atoms with van der Waals surface area (Å²) in [6, 6.07) is 7.22. The van der Waals surface area contributed by atoms with Gasteiger partial charge in [-0.1, -0.05) is 29.8 Å². The van der Waals surface area contributed by atoms with Crippen molar-refractivity contribution in [1.29, 1.82) is 0 Å². The second-order valence-corrected chi connectivity index (χ2v) is 7.90. The summed E-state index contributed by atoms with van der Waals surface area (Å²) < 4.78 is 65.8. The highest BCUT2D eigenvalue weighted by Gasteiger charge is 2.37. The molecule has 2 aromatic carbocycles. The molecular formula is C17H16ClF3N2O3S. The van der Waals surface area contributed by atoms with Crippen LogP contribution in [0.1, 0.15) is 18.1 Å². The van der Waals surface area contributed by atoms with Gasteiger partial charge in [-0.3, -0.25) is 4.79 Å². The highest BCUT2D eigenvalue weighted by atomic mass is 35.5. The Morgan fingerprint density at radius 1 is 1.15 bits per heavy atom. The molecule has 27 heavy (non-hydrogen) atoms. The van der Waals surface area contributed by atoms with Crippen LogP contribution in [0.4, 0.5) is 18.9 Å². The highest BCUT2D eigenvalue weighted by molar-refractivity contribution is 7.89. The first-order valence-electron chi connectivity index (χ1n) is 7.67. The van der Waals surface area contributed by atoms with Gasteiger partial charge in [0.15, 0.2) is 0 Å². The van der Waals surface area contributed by atoms with Crippen LogP contribution >= 0.6 is 11.6 Å². The molecule has 0 aliphatic rings. The van der Waals surface area contributed by atoms with E-state index in [9.17, 15) is 26.4 Å². The molecule has 0 unspecified atom stereocenters. The van der Waals surface area contributed by atoms with E-state index in [0.29, 0.717) is 6.07 Å². The molecule has 0 fully saturated rings. The fraction of sp³-hybridized carbons (Fsp3) is 0.235. The molecule has 1 atom stereocenters. The second-order valence-electron chi connectivity index (χ2n) is 5.81. The Bertz CT molecular complexity index is 962. The number of halogens is 4. The van der Waals surface area contributed by atoms with Crippen molar-refractivity contribution in [2.45, 2.75) is 31.0 Å². The maximum absolute atomic E-state index is 13.1. The average molecular weight is 421 g/mol. The van der Waals surface area contributed by atoms with Crippen LogP contribution in [0.2, 0.25) is 5.02 Å². The third-order valence-corrected chi connectivity index (χ3v) is 5.50. The van der Waals surface area contributed by atoms with Gasteiger partial charge in [0, 0.05) is 0 Å². The lowest BCUT2D eigenvalue weighted by Gasteiger charge is -2.17. The van der Waals surface area contributed by atoms with Gasteiger partial charge in [-0.25, -0.2) is 8.42 Å². The summed E-state index contributed by atoms with van der Waals surface area (Å²) >= 11 is 6.00. The van der Waals surface area contributed by atoms with Crippen LogP contribution in [-0.2, 0) is 21.0 Å². The van der Waals surface area contributed by atoms with Crippen LogP contribution in [0.3, 0.4) is 0 Å². The molecular weight excluding hydrogens is 405 g/mol. The fourth-order valence-electron chi connectivity index (χ4n) is 2.25. The van der Waals surface area contributed by atoms with Crippen LogP contribution in [0.5, 0.6) is 0 Å². The lowest BCUT2D eigenvalue weighted by molar-refractivity contribution is -0.139. The van der Waals surface area contributed by atoms with E-state index in [2.05, 4.69) is 5.32 Å². The number of alkyl halides is 3. The van der Waals surface area contributed by atoms with Gasteiger partial charge < -0.3 is 5.32 Å². The molecule has 2 rings (SSSR count). The predicted molar refractivity (Wildman–Crippen MR) is 96.0 cm³/mol. The van der Waals surface area contributed by atoms with E-state index in [4.69, 9.17) is 11.6 Å². The number of carbonyl (C=O) groups excluding carboxylic acids is 1. The van der Waals surface area contributed by atoms with E-state index >= 15 is 0 Å². The summed E-state index contributed by atoms with van der Waals surface area (Å²) in [6.45, 7) is 3.01. The van der Waals surface area contributed by atoms with Crippen molar-refractivity contribution in [1.82, 2.24) is 4.72 Å². The van der Waals surface area contributed by atoms with E-state index in [0.717, 1.165) is 17.7 Å². The number of nitrogens with one attached hydrogen (secondary N) is 2. The number of anilines is 1. The van der Waals surface area contributed by atoms with Crippen LogP contribution < -0.4 is 10.0 Å². The lowest BCUT2D eigenvalue weighted by Crippen LogP contribution is -2.42. The first-order chi connectivity index (χ1) is 12.4. The third kappa shape index (κ3) is 5.21. The SMILES string of the molecule is Cc1ccc(NC(=O)[C@@H](C)NS(=O)(=O)c2ccccc2C(F)(F)F)c(Cl)c1. The number of hydrogen-bond acceptors (Lipinski definition) is 3. The molecule has 0 aliphatic carbocycles. The van der Waals surface area contributed by atoms with Crippen LogP contribution in [-0.4, -0.2) is 20.4 Å². The summed E-state index contributed by atoms with van der Waals surface area (Å²) in [5.74, 6) is -0.770. The van der Waals surface area contributed by atoms with Gasteiger partial charge in [-0.15, -0.1) is 0 Å².